The highest BCUT2D eigenvalue weighted by Crippen LogP contribution is 2.56. The first-order valence-corrected chi connectivity index (χ1v) is 12.2. The molecular formula is C22H24I2O6. The third-order valence-corrected chi connectivity index (χ3v) is 7.78. The van der Waals surface area contributed by atoms with Gasteiger partial charge >= 0.3 is 12.1 Å². The van der Waals surface area contributed by atoms with Gasteiger partial charge in [0, 0.05) is 14.7 Å². The van der Waals surface area contributed by atoms with E-state index in [1.54, 1.807) is 6.92 Å². The fourth-order valence-corrected chi connectivity index (χ4v) is 7.50. The molecule has 162 valence electrons. The van der Waals surface area contributed by atoms with Crippen LogP contribution in [0.3, 0.4) is 0 Å². The van der Waals surface area contributed by atoms with Crippen molar-refractivity contribution in [3.05, 3.63) is 37.0 Å². The van der Waals surface area contributed by atoms with Crippen LogP contribution in [-0.4, -0.2) is 28.9 Å². The van der Waals surface area contributed by atoms with Gasteiger partial charge in [-0.2, -0.15) is 0 Å². The molecule has 4 bridgehead atoms. The standard InChI is InChI=1S/C22H24I2O6/c1-11(2)20(25)29-19-15(5-16(23)6-17(19)24)10-28-21(26)30-18-13-3-12-4-14(18)9-22(27,7-12)8-13/h5-6,12-14,18,27H,1,3-4,7-10H2,2H3. The van der Waals surface area contributed by atoms with Gasteiger partial charge in [-0.05, 0) is 114 Å². The van der Waals surface area contributed by atoms with Crippen molar-refractivity contribution < 1.29 is 28.9 Å². The lowest BCUT2D eigenvalue weighted by molar-refractivity contribution is -0.181. The SMILES string of the molecule is C=C(C)C(=O)Oc1c(I)cc(I)cc1COC(=O)OC1C2CC3CC1CC(O)(C3)C2. The molecule has 0 aromatic heterocycles. The monoisotopic (exact) mass is 638 g/mol. The zero-order valence-electron chi connectivity index (χ0n) is 16.7. The second kappa shape index (κ2) is 8.57. The number of hydrogen-bond acceptors (Lipinski definition) is 6. The summed E-state index contributed by atoms with van der Waals surface area (Å²) in [6.07, 6.45) is 3.40. The Morgan fingerprint density at radius 3 is 2.47 bits per heavy atom. The van der Waals surface area contributed by atoms with E-state index in [4.69, 9.17) is 14.2 Å². The Bertz CT molecular complexity index is 882. The quantitative estimate of drug-likeness (QED) is 0.213. The molecule has 0 radical (unpaired) electrons. The molecule has 0 amide bonds. The molecule has 2 unspecified atom stereocenters. The number of benzene rings is 1. The van der Waals surface area contributed by atoms with Gasteiger partial charge in [0.25, 0.3) is 0 Å². The smallest absolute Gasteiger partial charge is 0.430 e. The summed E-state index contributed by atoms with van der Waals surface area (Å²) in [7, 11) is 0. The Balaban J connectivity index is 1.41. The minimum Gasteiger partial charge on any atom is -0.430 e. The zero-order valence-corrected chi connectivity index (χ0v) is 21.0. The fraction of sp³-hybridized carbons (Fsp3) is 0.545. The molecule has 4 aliphatic rings. The fourth-order valence-electron chi connectivity index (χ4n) is 5.42. The maximum absolute atomic E-state index is 12.5. The van der Waals surface area contributed by atoms with Crippen molar-refractivity contribution in [3.63, 3.8) is 0 Å². The lowest BCUT2D eigenvalue weighted by Crippen LogP contribution is -2.57. The molecule has 0 spiro atoms. The van der Waals surface area contributed by atoms with Gasteiger partial charge in [0.15, 0.2) is 5.75 Å². The van der Waals surface area contributed by atoms with Crippen LogP contribution in [0.5, 0.6) is 5.75 Å². The number of rotatable bonds is 5. The van der Waals surface area contributed by atoms with E-state index in [-0.39, 0.29) is 24.5 Å². The van der Waals surface area contributed by atoms with Crippen LogP contribution in [0.25, 0.3) is 0 Å². The van der Waals surface area contributed by atoms with Crippen LogP contribution < -0.4 is 4.74 Å². The van der Waals surface area contributed by atoms with Crippen LogP contribution in [0.4, 0.5) is 4.79 Å². The minimum atomic E-state index is -0.717. The van der Waals surface area contributed by atoms with Gasteiger partial charge < -0.3 is 19.3 Å². The van der Waals surface area contributed by atoms with Gasteiger partial charge in [-0.25, -0.2) is 9.59 Å². The van der Waals surface area contributed by atoms with Crippen molar-refractivity contribution in [1.82, 2.24) is 0 Å². The van der Waals surface area contributed by atoms with E-state index < -0.39 is 17.7 Å². The number of carbonyl (C=O) groups excluding carboxylic acids is 2. The predicted molar refractivity (Wildman–Crippen MR) is 126 cm³/mol. The number of aliphatic hydroxyl groups is 1. The summed E-state index contributed by atoms with van der Waals surface area (Å²) in [4.78, 5) is 24.5. The van der Waals surface area contributed by atoms with Crippen molar-refractivity contribution >= 4 is 57.3 Å². The van der Waals surface area contributed by atoms with Crippen molar-refractivity contribution in [1.29, 1.82) is 0 Å². The number of carbonyl (C=O) groups is 2. The summed E-state index contributed by atoms with van der Waals surface area (Å²) in [6, 6.07) is 3.69. The Hall–Kier alpha value is -0.880. The highest BCUT2D eigenvalue weighted by Gasteiger charge is 2.56. The van der Waals surface area contributed by atoms with Gasteiger partial charge in [0.1, 0.15) is 12.7 Å². The van der Waals surface area contributed by atoms with Crippen LogP contribution in [-0.2, 0) is 20.9 Å². The summed E-state index contributed by atoms with van der Waals surface area (Å²) in [5.74, 6) is 0.805. The van der Waals surface area contributed by atoms with Crippen molar-refractivity contribution in [2.24, 2.45) is 17.8 Å². The molecule has 0 heterocycles. The Morgan fingerprint density at radius 1 is 1.20 bits per heavy atom. The van der Waals surface area contributed by atoms with Gasteiger partial charge in [-0.1, -0.05) is 6.58 Å². The van der Waals surface area contributed by atoms with Crippen molar-refractivity contribution in [3.8, 4) is 5.75 Å². The van der Waals surface area contributed by atoms with Crippen molar-refractivity contribution in [2.45, 2.75) is 57.3 Å². The molecule has 0 aliphatic heterocycles. The second-order valence-corrected chi connectivity index (χ2v) is 11.3. The van der Waals surface area contributed by atoms with Gasteiger partial charge in [0.05, 0.1) is 9.17 Å². The maximum atomic E-state index is 12.5. The second-order valence-electron chi connectivity index (χ2n) is 8.86. The normalized spacial score (nSPS) is 31.3. The third kappa shape index (κ3) is 4.64. The van der Waals surface area contributed by atoms with Gasteiger partial charge in [0.2, 0.25) is 0 Å². The molecule has 8 heteroatoms. The van der Waals surface area contributed by atoms with E-state index in [0.717, 1.165) is 26.4 Å². The van der Waals surface area contributed by atoms with E-state index >= 15 is 0 Å². The summed E-state index contributed by atoms with van der Waals surface area (Å²) in [6.45, 7) is 5.13. The number of halogens is 2. The lowest BCUT2D eigenvalue weighted by Gasteiger charge is -2.57. The van der Waals surface area contributed by atoms with Crippen LogP contribution in [0.1, 0.15) is 44.6 Å². The van der Waals surface area contributed by atoms with E-state index in [1.807, 2.05) is 12.1 Å². The van der Waals surface area contributed by atoms with Crippen molar-refractivity contribution in [2.75, 3.05) is 0 Å². The Labute approximate surface area is 203 Å². The molecule has 0 saturated heterocycles. The molecule has 4 aliphatic carbocycles. The van der Waals surface area contributed by atoms with Gasteiger partial charge in [-0.3, -0.25) is 0 Å². The first-order chi connectivity index (χ1) is 14.1. The minimum absolute atomic E-state index is 0.0565. The molecule has 2 atom stereocenters. The zero-order chi connectivity index (χ0) is 21.6. The van der Waals surface area contributed by atoms with E-state index in [9.17, 15) is 14.7 Å². The van der Waals surface area contributed by atoms with E-state index in [0.29, 0.717) is 35.6 Å². The molecule has 6 nitrogen and oxygen atoms in total. The van der Waals surface area contributed by atoms with Crippen LogP contribution in [0.15, 0.2) is 24.3 Å². The summed E-state index contributed by atoms with van der Waals surface area (Å²) in [5.41, 5.74) is 0.316. The molecule has 5 rings (SSSR count). The van der Waals surface area contributed by atoms with Crippen LogP contribution in [0, 0.1) is 24.9 Å². The largest absolute Gasteiger partial charge is 0.508 e. The van der Waals surface area contributed by atoms with Gasteiger partial charge in [-0.15, -0.1) is 0 Å². The molecule has 30 heavy (non-hydrogen) atoms. The summed E-state index contributed by atoms with van der Waals surface area (Å²) < 4.78 is 18.3. The topological polar surface area (TPSA) is 82.1 Å². The molecule has 4 saturated carbocycles. The lowest BCUT2D eigenvalue weighted by atomic mass is 9.53. The first kappa shape index (κ1) is 22.3. The third-order valence-electron chi connectivity index (χ3n) is 6.36. The predicted octanol–water partition coefficient (Wildman–Crippen LogP) is 4.97. The average molecular weight is 638 g/mol. The molecular weight excluding hydrogens is 614 g/mol. The molecule has 1 aromatic rings. The Morgan fingerprint density at radius 2 is 1.87 bits per heavy atom. The van der Waals surface area contributed by atoms with E-state index in [1.165, 1.54) is 0 Å². The Kier molecular flexibility index (Phi) is 6.38. The average Bonchev–Trinajstić information content (AvgIpc) is 2.63. The highest BCUT2D eigenvalue weighted by atomic mass is 127. The van der Waals surface area contributed by atoms with E-state index in [2.05, 4.69) is 51.8 Å². The van der Waals surface area contributed by atoms with Crippen LogP contribution in [0.2, 0.25) is 0 Å². The molecule has 1 N–H and O–H groups in total. The van der Waals surface area contributed by atoms with Crippen LogP contribution >= 0.6 is 45.2 Å². The number of esters is 1. The number of ether oxygens (including phenoxy) is 3. The first-order valence-electron chi connectivity index (χ1n) is 10.0. The maximum Gasteiger partial charge on any atom is 0.508 e. The highest BCUT2D eigenvalue weighted by molar-refractivity contribution is 14.1. The number of hydrogen-bond donors (Lipinski definition) is 1. The summed E-state index contributed by atoms with van der Waals surface area (Å²) >= 11 is 4.25. The summed E-state index contributed by atoms with van der Waals surface area (Å²) in [5, 5.41) is 10.7. The molecule has 4 fully saturated rings. The molecule has 1 aromatic carbocycles.